The van der Waals surface area contributed by atoms with Crippen LogP contribution in [-0.2, 0) is 4.79 Å². The third-order valence-electron chi connectivity index (χ3n) is 3.27. The van der Waals surface area contributed by atoms with Gasteiger partial charge in [0.05, 0.1) is 6.10 Å². The van der Waals surface area contributed by atoms with E-state index in [-0.39, 0.29) is 18.4 Å². The third kappa shape index (κ3) is 4.91. The van der Waals surface area contributed by atoms with Crippen LogP contribution in [0.25, 0.3) is 0 Å². The number of rotatable bonds is 5. The van der Waals surface area contributed by atoms with Gasteiger partial charge in [0.1, 0.15) is 0 Å². The van der Waals surface area contributed by atoms with Crippen LogP contribution < -0.4 is 5.32 Å². The van der Waals surface area contributed by atoms with Gasteiger partial charge in [0.15, 0.2) is 0 Å². The number of carbonyl (C=O) groups excluding carboxylic acids is 1. The zero-order chi connectivity index (χ0) is 13.5. The molecule has 1 heterocycles. The van der Waals surface area contributed by atoms with Crippen LogP contribution in [0.2, 0.25) is 0 Å². The van der Waals surface area contributed by atoms with Crippen LogP contribution in [0.1, 0.15) is 32.6 Å². The zero-order valence-electron chi connectivity index (χ0n) is 10.8. The van der Waals surface area contributed by atoms with E-state index in [0.717, 1.165) is 19.3 Å². The zero-order valence-corrected chi connectivity index (χ0v) is 10.8. The molecular formula is C12H22N2O4. The quantitative estimate of drug-likeness (QED) is 0.675. The molecule has 3 N–H and O–H groups in total. The van der Waals surface area contributed by atoms with Gasteiger partial charge < -0.3 is 20.4 Å². The lowest BCUT2D eigenvalue weighted by atomic mass is 10.0. The maximum Gasteiger partial charge on any atom is 0.317 e. The fraction of sp³-hybridized carbons (Fsp3) is 0.833. The molecule has 1 rings (SSSR count). The molecule has 6 nitrogen and oxygen atoms in total. The van der Waals surface area contributed by atoms with Crippen molar-refractivity contribution in [2.75, 3.05) is 19.6 Å². The first kappa shape index (κ1) is 14.8. The second-order valence-corrected chi connectivity index (χ2v) is 4.80. The maximum absolute atomic E-state index is 11.8. The highest BCUT2D eigenvalue weighted by molar-refractivity contribution is 5.74. The standard InChI is InChI=1S/C12H22N2O4/c1-2-9(6-11(16)17)7-13-12(18)14-5-3-4-10(15)8-14/h9-10,15H,2-8H2,1H3,(H,13,18)(H,16,17). The van der Waals surface area contributed by atoms with E-state index in [0.29, 0.717) is 19.6 Å². The Balaban J connectivity index is 2.32. The number of aliphatic carboxylic acids is 1. The monoisotopic (exact) mass is 258 g/mol. The number of nitrogens with one attached hydrogen (secondary N) is 1. The summed E-state index contributed by atoms with van der Waals surface area (Å²) in [6, 6.07) is -0.211. The van der Waals surface area contributed by atoms with Crippen molar-refractivity contribution in [3.8, 4) is 0 Å². The fourth-order valence-electron chi connectivity index (χ4n) is 2.09. The number of hydrogen-bond donors (Lipinski definition) is 3. The fourth-order valence-corrected chi connectivity index (χ4v) is 2.09. The highest BCUT2D eigenvalue weighted by Gasteiger charge is 2.22. The highest BCUT2D eigenvalue weighted by Crippen LogP contribution is 2.11. The number of carbonyl (C=O) groups is 2. The summed E-state index contributed by atoms with van der Waals surface area (Å²) in [6.45, 7) is 3.29. The van der Waals surface area contributed by atoms with Gasteiger partial charge >= 0.3 is 12.0 Å². The molecule has 0 aromatic rings. The smallest absolute Gasteiger partial charge is 0.317 e. The predicted molar refractivity (Wildman–Crippen MR) is 66.2 cm³/mol. The van der Waals surface area contributed by atoms with E-state index in [1.165, 1.54) is 0 Å². The minimum absolute atomic E-state index is 0.0406. The van der Waals surface area contributed by atoms with Crippen LogP contribution in [0.3, 0.4) is 0 Å². The van der Waals surface area contributed by atoms with Crippen molar-refractivity contribution in [3.63, 3.8) is 0 Å². The molecule has 1 aliphatic heterocycles. The largest absolute Gasteiger partial charge is 0.481 e. The molecule has 2 atom stereocenters. The first-order valence-corrected chi connectivity index (χ1v) is 6.45. The average Bonchev–Trinajstić information content (AvgIpc) is 2.33. The number of amides is 2. The van der Waals surface area contributed by atoms with Gasteiger partial charge in [0.25, 0.3) is 0 Å². The summed E-state index contributed by atoms with van der Waals surface area (Å²) < 4.78 is 0. The molecule has 0 spiro atoms. The molecule has 18 heavy (non-hydrogen) atoms. The lowest BCUT2D eigenvalue weighted by Gasteiger charge is -2.30. The molecule has 2 unspecified atom stereocenters. The van der Waals surface area contributed by atoms with E-state index in [1.54, 1.807) is 4.90 Å². The van der Waals surface area contributed by atoms with Crippen LogP contribution in [0.15, 0.2) is 0 Å². The van der Waals surface area contributed by atoms with Crippen LogP contribution in [-0.4, -0.2) is 52.9 Å². The van der Waals surface area contributed by atoms with Gasteiger partial charge in [-0.05, 0) is 18.8 Å². The first-order chi connectivity index (χ1) is 8.52. The minimum Gasteiger partial charge on any atom is -0.481 e. The Hall–Kier alpha value is -1.30. The summed E-state index contributed by atoms with van der Waals surface area (Å²) in [6.07, 6.45) is 1.89. The summed E-state index contributed by atoms with van der Waals surface area (Å²) >= 11 is 0. The normalized spacial score (nSPS) is 21.4. The van der Waals surface area contributed by atoms with E-state index in [2.05, 4.69) is 5.32 Å². The number of piperidine rings is 1. The number of likely N-dealkylation sites (tertiary alicyclic amines) is 1. The van der Waals surface area contributed by atoms with Gasteiger partial charge in [-0.2, -0.15) is 0 Å². The van der Waals surface area contributed by atoms with Gasteiger partial charge in [-0.3, -0.25) is 4.79 Å². The second-order valence-electron chi connectivity index (χ2n) is 4.80. The molecular weight excluding hydrogens is 236 g/mol. The van der Waals surface area contributed by atoms with E-state index in [4.69, 9.17) is 5.11 Å². The number of hydrogen-bond acceptors (Lipinski definition) is 3. The Morgan fingerprint density at radius 1 is 1.50 bits per heavy atom. The summed E-state index contributed by atoms with van der Waals surface area (Å²) in [7, 11) is 0. The molecule has 1 fully saturated rings. The lowest BCUT2D eigenvalue weighted by Crippen LogP contribution is -2.48. The molecule has 104 valence electrons. The van der Waals surface area contributed by atoms with Gasteiger partial charge in [-0.15, -0.1) is 0 Å². The van der Waals surface area contributed by atoms with E-state index in [1.807, 2.05) is 6.92 Å². The topological polar surface area (TPSA) is 89.9 Å². The van der Waals surface area contributed by atoms with E-state index < -0.39 is 12.1 Å². The van der Waals surface area contributed by atoms with Crippen LogP contribution in [0, 0.1) is 5.92 Å². The highest BCUT2D eigenvalue weighted by atomic mass is 16.4. The number of β-amino-alcohol motifs (C(OH)–C–C–N with tert-alkyl or cyclic N) is 1. The first-order valence-electron chi connectivity index (χ1n) is 6.45. The van der Waals surface area contributed by atoms with Crippen LogP contribution in [0.5, 0.6) is 0 Å². The molecule has 1 saturated heterocycles. The Labute approximate surface area is 107 Å². The molecule has 1 aliphatic rings. The summed E-state index contributed by atoms with van der Waals surface area (Å²) in [4.78, 5) is 24.0. The van der Waals surface area contributed by atoms with Crippen molar-refractivity contribution in [2.24, 2.45) is 5.92 Å². The summed E-state index contributed by atoms with van der Waals surface area (Å²) in [5.74, 6) is -0.884. The Morgan fingerprint density at radius 2 is 2.22 bits per heavy atom. The second kappa shape index (κ2) is 7.20. The Bertz CT molecular complexity index is 296. The van der Waals surface area contributed by atoms with Crippen molar-refractivity contribution in [1.29, 1.82) is 0 Å². The van der Waals surface area contributed by atoms with Gasteiger partial charge in [0.2, 0.25) is 0 Å². The third-order valence-corrected chi connectivity index (χ3v) is 3.27. The number of aliphatic hydroxyl groups excluding tert-OH is 1. The summed E-state index contributed by atoms with van der Waals surface area (Å²) in [5, 5.41) is 20.9. The predicted octanol–water partition coefficient (Wildman–Crippen LogP) is 0.654. The van der Waals surface area contributed by atoms with Crippen molar-refractivity contribution in [1.82, 2.24) is 10.2 Å². The molecule has 0 aromatic carbocycles. The van der Waals surface area contributed by atoms with Crippen LogP contribution >= 0.6 is 0 Å². The van der Waals surface area contributed by atoms with Gasteiger partial charge in [-0.25, -0.2) is 4.79 Å². The molecule has 0 aliphatic carbocycles. The van der Waals surface area contributed by atoms with Crippen molar-refractivity contribution in [2.45, 2.75) is 38.7 Å². The van der Waals surface area contributed by atoms with E-state index >= 15 is 0 Å². The molecule has 6 heteroatoms. The molecule has 0 bridgehead atoms. The van der Waals surface area contributed by atoms with Gasteiger partial charge in [-0.1, -0.05) is 13.3 Å². The molecule has 0 saturated carbocycles. The number of carboxylic acid groups (broad SMARTS) is 1. The number of carboxylic acids is 1. The SMILES string of the molecule is CCC(CNC(=O)N1CCCC(O)C1)CC(=O)O. The number of nitrogens with zero attached hydrogens (tertiary/aromatic N) is 1. The summed E-state index contributed by atoms with van der Waals surface area (Å²) in [5.41, 5.74) is 0. The van der Waals surface area contributed by atoms with Gasteiger partial charge in [0, 0.05) is 26.1 Å². The number of aliphatic hydroxyl groups is 1. The number of urea groups is 1. The van der Waals surface area contributed by atoms with E-state index in [9.17, 15) is 14.7 Å². The Morgan fingerprint density at radius 3 is 2.78 bits per heavy atom. The van der Waals surface area contributed by atoms with Crippen molar-refractivity contribution >= 4 is 12.0 Å². The van der Waals surface area contributed by atoms with Crippen LogP contribution in [0.4, 0.5) is 4.79 Å². The minimum atomic E-state index is -0.843. The molecule has 2 amide bonds. The average molecular weight is 258 g/mol. The molecule has 0 radical (unpaired) electrons. The maximum atomic E-state index is 11.8. The molecule has 0 aromatic heterocycles. The van der Waals surface area contributed by atoms with Crippen molar-refractivity contribution < 1.29 is 19.8 Å². The lowest BCUT2D eigenvalue weighted by molar-refractivity contribution is -0.138. The Kier molecular flexibility index (Phi) is 5.91. The van der Waals surface area contributed by atoms with Crippen molar-refractivity contribution in [3.05, 3.63) is 0 Å².